The summed E-state index contributed by atoms with van der Waals surface area (Å²) in [4.78, 5) is 29.1. The van der Waals surface area contributed by atoms with Crippen LogP contribution in [0.1, 0.15) is 35.1 Å². The van der Waals surface area contributed by atoms with Crippen LogP contribution in [0.5, 0.6) is 0 Å². The molecule has 1 heterocycles. The first-order valence-electron chi connectivity index (χ1n) is 11.2. The molecule has 1 fully saturated rings. The largest absolute Gasteiger partial charge is 0.337 e. The van der Waals surface area contributed by atoms with E-state index in [4.69, 9.17) is 0 Å². The molecule has 1 radical (unpaired) electrons. The molecule has 0 aliphatic carbocycles. The predicted octanol–water partition coefficient (Wildman–Crippen LogP) is 4.84. The van der Waals surface area contributed by atoms with Crippen LogP contribution >= 0.6 is 0 Å². The molecular weight excluding hydrogens is 414 g/mol. The van der Waals surface area contributed by atoms with Gasteiger partial charge in [-0.15, -0.1) is 0 Å². The van der Waals surface area contributed by atoms with E-state index in [1.165, 1.54) is 6.07 Å². The third-order valence-electron chi connectivity index (χ3n) is 6.26. The molecule has 1 aliphatic heterocycles. The highest BCUT2D eigenvalue weighted by Gasteiger charge is 2.32. The Hall–Kier alpha value is -3.51. The molecule has 169 valence electrons. The summed E-state index contributed by atoms with van der Waals surface area (Å²) in [6.07, 6.45) is 3.24. The summed E-state index contributed by atoms with van der Waals surface area (Å²) in [7, 11) is 1.81. The van der Waals surface area contributed by atoms with Gasteiger partial charge in [-0.3, -0.25) is 14.9 Å². The van der Waals surface area contributed by atoms with E-state index in [9.17, 15) is 14.9 Å². The van der Waals surface area contributed by atoms with Gasteiger partial charge in [0, 0.05) is 32.3 Å². The molecule has 0 unspecified atom stereocenters. The number of hydrogen-bond acceptors (Lipinski definition) is 4. The second-order valence-corrected chi connectivity index (χ2v) is 8.41. The Morgan fingerprint density at radius 3 is 2.12 bits per heavy atom. The summed E-state index contributed by atoms with van der Waals surface area (Å²) < 4.78 is 0. The molecule has 3 aromatic rings. The Labute approximate surface area is 194 Å². The molecule has 6 heteroatoms. The minimum absolute atomic E-state index is 0.0351. The zero-order valence-electron chi connectivity index (χ0n) is 18.7. The molecule has 0 N–H and O–H groups in total. The van der Waals surface area contributed by atoms with Crippen LogP contribution in [0.2, 0.25) is 0 Å². The van der Waals surface area contributed by atoms with Gasteiger partial charge in [0.25, 0.3) is 5.69 Å². The number of rotatable bonds is 8. The van der Waals surface area contributed by atoms with E-state index in [-0.39, 0.29) is 22.6 Å². The molecule has 0 aromatic heterocycles. The Bertz CT molecular complexity index is 1040. The van der Waals surface area contributed by atoms with Gasteiger partial charge in [-0.05, 0) is 36.1 Å². The summed E-state index contributed by atoms with van der Waals surface area (Å²) in [5.74, 6) is -0.490. The molecule has 4 rings (SSSR count). The lowest BCUT2D eigenvalue weighted by Crippen LogP contribution is -2.41. The number of carbonyl (C=O) groups is 1. The zero-order chi connectivity index (χ0) is 23.2. The fraction of sp³-hybridized carbons (Fsp3) is 0.259. The highest BCUT2D eigenvalue weighted by Crippen LogP contribution is 2.32. The van der Waals surface area contributed by atoms with Crippen LogP contribution in [-0.2, 0) is 4.79 Å². The van der Waals surface area contributed by atoms with E-state index in [2.05, 4.69) is 11.3 Å². The van der Waals surface area contributed by atoms with E-state index in [1.807, 2.05) is 73.8 Å². The van der Waals surface area contributed by atoms with Crippen LogP contribution in [0, 0.1) is 16.5 Å². The topological polar surface area (TPSA) is 66.7 Å². The van der Waals surface area contributed by atoms with Gasteiger partial charge in [-0.25, -0.2) is 0 Å². The number of non-ortho nitro benzene ring substituents is 1. The average molecular weight is 443 g/mol. The lowest BCUT2D eigenvalue weighted by Gasteiger charge is -2.34. The summed E-state index contributed by atoms with van der Waals surface area (Å²) in [6, 6.07) is 25.9. The molecule has 1 atom stereocenters. The minimum Gasteiger partial charge on any atom is -0.337 e. The standard InChI is InChI=1S/C27H28N3O3/c1-28(27(31)26(21-11-4-2-5-12-21)22-13-6-3-7-14-22)25(20-29-17-8-9-18-29)23-15-10-16-24(19-23)30(32)33/h2-8,10-16,19,25-26H,9,17-18,20H2,1H3/t25-/m1/s1. The zero-order valence-corrected chi connectivity index (χ0v) is 18.7. The molecule has 0 bridgehead atoms. The van der Waals surface area contributed by atoms with Gasteiger partial charge in [-0.2, -0.15) is 0 Å². The Morgan fingerprint density at radius 2 is 1.58 bits per heavy atom. The highest BCUT2D eigenvalue weighted by atomic mass is 16.6. The van der Waals surface area contributed by atoms with E-state index >= 15 is 0 Å². The maximum Gasteiger partial charge on any atom is 0.269 e. The number of nitro groups is 1. The van der Waals surface area contributed by atoms with Gasteiger partial charge in [0.1, 0.15) is 0 Å². The van der Waals surface area contributed by atoms with Crippen LogP contribution in [-0.4, -0.2) is 47.3 Å². The fourth-order valence-corrected chi connectivity index (χ4v) is 4.47. The van der Waals surface area contributed by atoms with Gasteiger partial charge < -0.3 is 9.80 Å². The SMILES string of the molecule is CN(C(=O)C(c1ccccc1)c1ccccc1)[C@H](CN1C[CH]CC1)c1cccc([N+](=O)[O-])c1. The summed E-state index contributed by atoms with van der Waals surface area (Å²) in [6.45, 7) is 2.40. The molecule has 1 saturated heterocycles. The normalized spacial score (nSPS) is 14.8. The molecule has 1 aliphatic rings. The first-order valence-corrected chi connectivity index (χ1v) is 11.2. The van der Waals surface area contributed by atoms with Crippen LogP contribution < -0.4 is 0 Å². The second kappa shape index (κ2) is 10.4. The molecule has 0 spiro atoms. The number of benzene rings is 3. The van der Waals surface area contributed by atoms with Gasteiger partial charge in [0.15, 0.2) is 0 Å². The monoisotopic (exact) mass is 442 g/mol. The Morgan fingerprint density at radius 1 is 0.970 bits per heavy atom. The van der Waals surface area contributed by atoms with Crippen molar-refractivity contribution in [3.63, 3.8) is 0 Å². The van der Waals surface area contributed by atoms with Gasteiger partial charge in [0.2, 0.25) is 5.91 Å². The van der Waals surface area contributed by atoms with Gasteiger partial charge >= 0.3 is 0 Å². The van der Waals surface area contributed by atoms with Crippen molar-refractivity contribution in [2.24, 2.45) is 0 Å². The van der Waals surface area contributed by atoms with Crippen molar-refractivity contribution >= 4 is 11.6 Å². The van der Waals surface area contributed by atoms with Gasteiger partial charge in [0.05, 0.1) is 16.9 Å². The van der Waals surface area contributed by atoms with E-state index in [0.29, 0.717) is 6.54 Å². The number of amides is 1. The highest BCUT2D eigenvalue weighted by molar-refractivity contribution is 5.87. The maximum atomic E-state index is 14.0. The number of hydrogen-bond donors (Lipinski definition) is 0. The van der Waals surface area contributed by atoms with Crippen LogP contribution in [0.15, 0.2) is 84.9 Å². The van der Waals surface area contributed by atoms with Gasteiger partial charge in [-0.1, -0.05) is 72.8 Å². The van der Waals surface area contributed by atoms with Crippen molar-refractivity contribution in [1.29, 1.82) is 0 Å². The summed E-state index contributed by atoms with van der Waals surface area (Å²) in [5.41, 5.74) is 2.65. The average Bonchev–Trinajstić information content (AvgIpc) is 3.37. The maximum absolute atomic E-state index is 14.0. The Balaban J connectivity index is 1.71. The summed E-state index contributed by atoms with van der Waals surface area (Å²) in [5, 5.41) is 11.4. The molecule has 6 nitrogen and oxygen atoms in total. The lowest BCUT2D eigenvalue weighted by molar-refractivity contribution is -0.385. The third kappa shape index (κ3) is 5.29. The van der Waals surface area contributed by atoms with E-state index in [1.54, 1.807) is 17.0 Å². The van der Waals surface area contributed by atoms with Crippen molar-refractivity contribution in [1.82, 2.24) is 9.80 Å². The molecule has 3 aromatic carbocycles. The lowest BCUT2D eigenvalue weighted by atomic mass is 9.89. The molecule has 1 amide bonds. The van der Waals surface area contributed by atoms with Crippen molar-refractivity contribution in [2.75, 3.05) is 26.7 Å². The number of likely N-dealkylation sites (N-methyl/N-ethyl adjacent to an activating group) is 1. The second-order valence-electron chi connectivity index (χ2n) is 8.41. The smallest absolute Gasteiger partial charge is 0.269 e. The van der Waals surface area contributed by atoms with Crippen LogP contribution in [0.25, 0.3) is 0 Å². The van der Waals surface area contributed by atoms with Crippen molar-refractivity contribution in [2.45, 2.75) is 18.4 Å². The minimum atomic E-state index is -0.455. The van der Waals surface area contributed by atoms with Crippen molar-refractivity contribution < 1.29 is 9.72 Å². The fourth-order valence-electron chi connectivity index (χ4n) is 4.47. The van der Waals surface area contributed by atoms with Crippen LogP contribution in [0.3, 0.4) is 0 Å². The predicted molar refractivity (Wildman–Crippen MR) is 129 cm³/mol. The van der Waals surface area contributed by atoms with Crippen molar-refractivity contribution in [3.05, 3.63) is 118 Å². The number of nitro benzene ring substituents is 1. The first kappa shape index (κ1) is 22.7. The summed E-state index contributed by atoms with van der Waals surface area (Å²) >= 11 is 0. The first-order chi connectivity index (χ1) is 16.0. The Kier molecular flexibility index (Phi) is 7.15. The van der Waals surface area contributed by atoms with Crippen molar-refractivity contribution in [3.8, 4) is 0 Å². The molecular formula is C27H28N3O3. The number of carbonyl (C=O) groups excluding carboxylic acids is 1. The molecule has 0 saturated carbocycles. The van der Waals surface area contributed by atoms with E-state index in [0.717, 1.165) is 36.2 Å². The van der Waals surface area contributed by atoms with E-state index < -0.39 is 5.92 Å². The number of nitrogens with zero attached hydrogens (tertiary/aromatic N) is 3. The quantitative estimate of drug-likeness (QED) is 0.370. The third-order valence-corrected chi connectivity index (χ3v) is 6.26. The van der Waals surface area contributed by atoms with Crippen LogP contribution in [0.4, 0.5) is 5.69 Å². The number of likely N-dealkylation sites (tertiary alicyclic amines) is 1. The molecule has 33 heavy (non-hydrogen) atoms.